The Hall–Kier alpha value is -1.40. The number of hydrogen-bond acceptors (Lipinski definition) is 4. The molecule has 0 aromatic heterocycles. The van der Waals surface area contributed by atoms with Crippen LogP contribution in [0.1, 0.15) is 12.0 Å². The van der Waals surface area contributed by atoms with Gasteiger partial charge in [-0.2, -0.15) is 0 Å². The van der Waals surface area contributed by atoms with Gasteiger partial charge in [0, 0.05) is 6.42 Å². The van der Waals surface area contributed by atoms with E-state index >= 15 is 0 Å². The third kappa shape index (κ3) is 4.33. The highest BCUT2D eigenvalue weighted by Crippen LogP contribution is 2.13. The maximum absolute atomic E-state index is 11.8. The number of oxime groups is 1. The third-order valence-electron chi connectivity index (χ3n) is 2.84. The molecular weight excluding hydrogens is 310 g/mol. The Morgan fingerprint density at radius 1 is 1.53 bits per heavy atom. The van der Waals surface area contributed by atoms with Crippen molar-refractivity contribution in [3.05, 3.63) is 35.9 Å². The third-order valence-corrected chi connectivity index (χ3v) is 3.30. The highest BCUT2D eigenvalue weighted by atomic mass is 79.9. The zero-order valence-corrected chi connectivity index (χ0v) is 12.0. The molecule has 2 rings (SSSR count). The highest BCUT2D eigenvalue weighted by Gasteiger charge is 2.21. The molecule has 1 amide bonds. The molecule has 19 heavy (non-hydrogen) atoms. The fraction of sp³-hybridized carbons (Fsp3) is 0.385. The number of nitrogens with zero attached hydrogens (tertiary/aromatic N) is 1. The van der Waals surface area contributed by atoms with Crippen LogP contribution in [0.2, 0.25) is 0 Å². The minimum absolute atomic E-state index is 0.109. The summed E-state index contributed by atoms with van der Waals surface area (Å²) in [5, 5.41) is 6.54. The Balaban J connectivity index is 1.74. The molecule has 6 heteroatoms. The number of benzene rings is 1. The second kappa shape index (κ2) is 6.68. The number of rotatable bonds is 5. The Labute approximate surface area is 120 Å². The van der Waals surface area contributed by atoms with Crippen LogP contribution in [0.15, 0.2) is 35.5 Å². The van der Waals surface area contributed by atoms with Gasteiger partial charge in [-0.1, -0.05) is 35.5 Å². The van der Waals surface area contributed by atoms with Crippen LogP contribution in [-0.2, 0) is 16.1 Å². The van der Waals surface area contributed by atoms with Gasteiger partial charge in [-0.15, -0.1) is 0 Å². The molecule has 3 N–H and O–H groups in total. The second-order valence-electron chi connectivity index (χ2n) is 4.44. The lowest BCUT2D eigenvalue weighted by atomic mass is 10.1. The summed E-state index contributed by atoms with van der Waals surface area (Å²) < 4.78 is 0.764. The zero-order chi connectivity index (χ0) is 13.7. The first-order valence-electron chi connectivity index (χ1n) is 6.10. The SMILES string of the molecule is N[C@@H](Cc1ccccc1)C(=O)NCC1CC(Br)=NO1. The molecule has 0 spiro atoms. The van der Waals surface area contributed by atoms with Crippen LogP contribution in [-0.4, -0.2) is 29.2 Å². The number of carbonyl (C=O) groups is 1. The van der Waals surface area contributed by atoms with Crippen LogP contribution in [0, 0.1) is 0 Å². The van der Waals surface area contributed by atoms with Gasteiger partial charge in [-0.05, 0) is 27.9 Å². The summed E-state index contributed by atoms with van der Waals surface area (Å²) >= 11 is 3.25. The van der Waals surface area contributed by atoms with Gasteiger partial charge in [0.1, 0.15) is 4.62 Å². The minimum atomic E-state index is -0.548. The van der Waals surface area contributed by atoms with E-state index in [1.165, 1.54) is 0 Å². The summed E-state index contributed by atoms with van der Waals surface area (Å²) in [6.45, 7) is 0.417. The smallest absolute Gasteiger partial charge is 0.237 e. The summed E-state index contributed by atoms with van der Waals surface area (Å²) in [4.78, 5) is 16.9. The number of nitrogens with one attached hydrogen (secondary N) is 1. The van der Waals surface area contributed by atoms with Crippen LogP contribution >= 0.6 is 15.9 Å². The van der Waals surface area contributed by atoms with Gasteiger partial charge >= 0.3 is 0 Å². The van der Waals surface area contributed by atoms with Crippen molar-refractivity contribution >= 4 is 26.5 Å². The van der Waals surface area contributed by atoms with E-state index in [0.717, 1.165) is 10.2 Å². The lowest BCUT2D eigenvalue weighted by Crippen LogP contribution is -2.44. The first kappa shape index (κ1) is 14.0. The number of halogens is 1. The van der Waals surface area contributed by atoms with Crippen LogP contribution in [0.25, 0.3) is 0 Å². The fourth-order valence-corrected chi connectivity index (χ4v) is 2.25. The first-order valence-corrected chi connectivity index (χ1v) is 6.90. The summed E-state index contributed by atoms with van der Waals surface area (Å²) in [6, 6.07) is 9.16. The number of amides is 1. The van der Waals surface area contributed by atoms with Gasteiger partial charge < -0.3 is 15.9 Å². The largest absolute Gasteiger partial charge is 0.390 e. The van der Waals surface area contributed by atoms with Gasteiger partial charge in [0.05, 0.1) is 12.6 Å². The normalized spacial score (nSPS) is 19.5. The summed E-state index contributed by atoms with van der Waals surface area (Å²) in [5.74, 6) is -0.171. The lowest BCUT2D eigenvalue weighted by molar-refractivity contribution is -0.122. The van der Waals surface area contributed by atoms with Crippen molar-refractivity contribution in [1.82, 2.24) is 5.32 Å². The molecule has 0 aliphatic carbocycles. The summed E-state index contributed by atoms with van der Waals surface area (Å²) in [5.41, 5.74) is 6.92. The van der Waals surface area contributed by atoms with Crippen LogP contribution in [0.3, 0.4) is 0 Å². The van der Waals surface area contributed by atoms with Gasteiger partial charge in [0.25, 0.3) is 0 Å². The molecule has 2 atom stereocenters. The van der Waals surface area contributed by atoms with Crippen molar-refractivity contribution in [2.45, 2.75) is 25.0 Å². The standard InChI is InChI=1S/C13H16BrN3O2/c14-12-7-10(19-17-12)8-16-13(18)11(15)6-9-4-2-1-3-5-9/h1-5,10-11H,6-8,15H2,(H,16,18)/t10?,11-/m0/s1. The molecule has 0 radical (unpaired) electrons. The molecule has 1 aliphatic rings. The molecular formula is C13H16BrN3O2. The molecule has 0 saturated heterocycles. The van der Waals surface area contributed by atoms with E-state index in [4.69, 9.17) is 10.6 Å². The van der Waals surface area contributed by atoms with E-state index in [-0.39, 0.29) is 12.0 Å². The molecule has 5 nitrogen and oxygen atoms in total. The van der Waals surface area contributed by atoms with Crippen molar-refractivity contribution in [2.75, 3.05) is 6.54 Å². The fourth-order valence-electron chi connectivity index (χ4n) is 1.81. The molecule has 1 aromatic carbocycles. The lowest BCUT2D eigenvalue weighted by Gasteiger charge is -2.14. The maximum Gasteiger partial charge on any atom is 0.237 e. The van der Waals surface area contributed by atoms with Gasteiger partial charge in [0.2, 0.25) is 5.91 Å². The van der Waals surface area contributed by atoms with E-state index in [9.17, 15) is 4.79 Å². The van der Waals surface area contributed by atoms with Crippen LogP contribution < -0.4 is 11.1 Å². The molecule has 0 saturated carbocycles. The molecule has 102 valence electrons. The van der Waals surface area contributed by atoms with E-state index in [2.05, 4.69) is 26.4 Å². The molecule has 1 aromatic rings. The minimum Gasteiger partial charge on any atom is -0.390 e. The Kier molecular flexibility index (Phi) is 4.93. The second-order valence-corrected chi connectivity index (χ2v) is 5.36. The Bertz CT molecular complexity index is 464. The summed E-state index contributed by atoms with van der Waals surface area (Å²) in [6.07, 6.45) is 1.09. The average molecular weight is 326 g/mol. The molecule has 0 fully saturated rings. The van der Waals surface area contributed by atoms with Crippen LogP contribution in [0.4, 0.5) is 0 Å². The number of carbonyl (C=O) groups excluding carboxylic acids is 1. The van der Waals surface area contributed by atoms with Crippen molar-refractivity contribution in [3.63, 3.8) is 0 Å². The van der Waals surface area contributed by atoms with Gasteiger partial charge in [-0.3, -0.25) is 4.79 Å². The molecule has 1 heterocycles. The monoisotopic (exact) mass is 325 g/mol. The first-order chi connectivity index (χ1) is 9.15. The van der Waals surface area contributed by atoms with Crippen molar-refractivity contribution in [2.24, 2.45) is 10.9 Å². The van der Waals surface area contributed by atoms with Crippen molar-refractivity contribution in [3.8, 4) is 0 Å². The predicted octanol–water partition coefficient (Wildman–Crippen LogP) is 1.17. The van der Waals surface area contributed by atoms with E-state index < -0.39 is 6.04 Å². The predicted molar refractivity (Wildman–Crippen MR) is 77.0 cm³/mol. The molecule has 0 bridgehead atoms. The van der Waals surface area contributed by atoms with E-state index in [1.807, 2.05) is 30.3 Å². The number of nitrogens with two attached hydrogens (primary N) is 1. The van der Waals surface area contributed by atoms with Gasteiger partial charge in [0.15, 0.2) is 6.10 Å². The van der Waals surface area contributed by atoms with E-state index in [1.54, 1.807) is 0 Å². The summed E-state index contributed by atoms with van der Waals surface area (Å²) in [7, 11) is 0. The molecule has 1 aliphatic heterocycles. The quantitative estimate of drug-likeness (QED) is 0.853. The zero-order valence-electron chi connectivity index (χ0n) is 10.4. The Morgan fingerprint density at radius 3 is 2.89 bits per heavy atom. The van der Waals surface area contributed by atoms with Crippen molar-refractivity contribution in [1.29, 1.82) is 0 Å². The Morgan fingerprint density at radius 2 is 2.26 bits per heavy atom. The number of hydrogen-bond donors (Lipinski definition) is 2. The molecule has 1 unspecified atom stereocenters. The van der Waals surface area contributed by atoms with Crippen molar-refractivity contribution < 1.29 is 9.63 Å². The highest BCUT2D eigenvalue weighted by molar-refractivity contribution is 9.18. The van der Waals surface area contributed by atoms with E-state index in [0.29, 0.717) is 19.4 Å². The topological polar surface area (TPSA) is 76.7 Å². The van der Waals surface area contributed by atoms with Gasteiger partial charge in [-0.25, -0.2) is 0 Å². The average Bonchev–Trinajstić information content (AvgIpc) is 2.83. The van der Waals surface area contributed by atoms with Crippen LogP contribution in [0.5, 0.6) is 0 Å². The maximum atomic E-state index is 11.8.